The van der Waals surface area contributed by atoms with E-state index in [9.17, 15) is 9.59 Å². The summed E-state index contributed by atoms with van der Waals surface area (Å²) in [5.74, 6) is -0.499. The lowest BCUT2D eigenvalue weighted by Crippen LogP contribution is -2.45. The largest absolute Gasteiger partial charge is 0.346 e. The maximum Gasteiger partial charge on any atom is 0.243 e. The fourth-order valence-electron chi connectivity index (χ4n) is 2.92. The lowest BCUT2D eigenvalue weighted by Gasteiger charge is -2.12. The number of anilines is 1. The lowest BCUT2D eigenvalue weighted by molar-refractivity contribution is -0.125. The van der Waals surface area contributed by atoms with Crippen molar-refractivity contribution in [2.75, 3.05) is 11.9 Å². The quantitative estimate of drug-likeness (QED) is 0.563. The van der Waals surface area contributed by atoms with Crippen molar-refractivity contribution in [1.29, 1.82) is 0 Å². The van der Waals surface area contributed by atoms with Gasteiger partial charge < -0.3 is 10.6 Å². The van der Waals surface area contributed by atoms with Crippen molar-refractivity contribution in [3.05, 3.63) is 63.1 Å². The Balaban J connectivity index is 1.48. The third-order valence-corrected chi connectivity index (χ3v) is 5.08. The topological polar surface area (TPSA) is 82.3 Å². The van der Waals surface area contributed by atoms with Crippen molar-refractivity contribution in [2.24, 2.45) is 0 Å². The molecule has 2 aromatic rings. The van der Waals surface area contributed by atoms with Crippen molar-refractivity contribution >= 4 is 45.0 Å². The summed E-state index contributed by atoms with van der Waals surface area (Å²) < 4.78 is 0.945. The number of hydrogen-bond donors (Lipinski definition) is 4. The van der Waals surface area contributed by atoms with Gasteiger partial charge >= 0.3 is 0 Å². The van der Waals surface area contributed by atoms with Crippen LogP contribution in [-0.4, -0.2) is 24.4 Å². The molecule has 142 valence electrons. The van der Waals surface area contributed by atoms with E-state index in [1.54, 1.807) is 0 Å². The molecule has 0 spiro atoms. The number of carbonyl (C=O) groups excluding carboxylic acids is 2. The van der Waals surface area contributed by atoms with Gasteiger partial charge in [-0.05, 0) is 54.8 Å². The van der Waals surface area contributed by atoms with Crippen LogP contribution < -0.4 is 21.5 Å². The van der Waals surface area contributed by atoms with Crippen LogP contribution in [0.2, 0.25) is 5.02 Å². The molecule has 0 aromatic heterocycles. The summed E-state index contributed by atoms with van der Waals surface area (Å²) >= 11 is 9.40. The first-order valence-electron chi connectivity index (χ1n) is 8.52. The second-order valence-corrected chi connectivity index (χ2v) is 7.76. The summed E-state index contributed by atoms with van der Waals surface area (Å²) in [7, 11) is 0. The smallest absolute Gasteiger partial charge is 0.243 e. The first kappa shape index (κ1) is 19.8. The van der Waals surface area contributed by atoms with Gasteiger partial charge in [0.2, 0.25) is 11.8 Å². The van der Waals surface area contributed by atoms with Gasteiger partial charge in [-0.25, -0.2) is 10.9 Å². The van der Waals surface area contributed by atoms with Crippen LogP contribution in [0.5, 0.6) is 0 Å². The molecule has 3 rings (SSSR count). The van der Waals surface area contributed by atoms with Crippen LogP contribution in [0, 0.1) is 6.92 Å². The first-order valence-corrected chi connectivity index (χ1v) is 9.69. The summed E-state index contributed by atoms with van der Waals surface area (Å²) in [6.07, 6.45) is 0.569. The fourth-order valence-corrected chi connectivity index (χ4v) is 3.60. The van der Waals surface area contributed by atoms with Gasteiger partial charge in [0.25, 0.3) is 0 Å². The van der Waals surface area contributed by atoms with Gasteiger partial charge in [0, 0.05) is 21.2 Å². The Labute approximate surface area is 171 Å². The van der Waals surface area contributed by atoms with Crippen molar-refractivity contribution < 1.29 is 9.59 Å². The van der Waals surface area contributed by atoms with Crippen LogP contribution in [-0.2, 0) is 9.59 Å². The van der Waals surface area contributed by atoms with Gasteiger partial charge in [0.05, 0.1) is 6.54 Å². The van der Waals surface area contributed by atoms with Crippen molar-refractivity contribution in [3.63, 3.8) is 0 Å². The van der Waals surface area contributed by atoms with Gasteiger partial charge in [0.15, 0.2) is 0 Å². The predicted octanol–water partition coefficient (Wildman–Crippen LogP) is 3.07. The Bertz CT molecular complexity index is 861. The molecule has 2 atom stereocenters. The van der Waals surface area contributed by atoms with E-state index in [-0.39, 0.29) is 24.4 Å². The third kappa shape index (κ3) is 5.29. The van der Waals surface area contributed by atoms with E-state index in [0.717, 1.165) is 21.3 Å². The van der Waals surface area contributed by atoms with Gasteiger partial charge in [-0.1, -0.05) is 39.7 Å². The molecule has 27 heavy (non-hydrogen) atoms. The molecular formula is C19H20BrClN4O2. The highest BCUT2D eigenvalue weighted by atomic mass is 79.9. The Morgan fingerprint density at radius 1 is 1.22 bits per heavy atom. The van der Waals surface area contributed by atoms with Crippen LogP contribution in [0.25, 0.3) is 0 Å². The van der Waals surface area contributed by atoms with Crippen LogP contribution in [0.3, 0.4) is 0 Å². The number of rotatable bonds is 5. The highest BCUT2D eigenvalue weighted by Gasteiger charge is 2.30. The molecule has 2 unspecified atom stereocenters. The van der Waals surface area contributed by atoms with Crippen molar-refractivity contribution in [2.45, 2.75) is 25.4 Å². The van der Waals surface area contributed by atoms with Crippen molar-refractivity contribution in [3.8, 4) is 0 Å². The van der Waals surface area contributed by atoms with E-state index in [1.807, 2.05) is 49.4 Å². The molecule has 1 aliphatic heterocycles. The zero-order chi connectivity index (χ0) is 19.4. The normalized spacial score (nSPS) is 18.9. The highest BCUT2D eigenvalue weighted by molar-refractivity contribution is 9.10. The average Bonchev–Trinajstić information content (AvgIpc) is 3.12. The zero-order valence-electron chi connectivity index (χ0n) is 14.7. The Morgan fingerprint density at radius 2 is 2.04 bits per heavy atom. The number of amides is 2. The Hall–Kier alpha value is -1.93. The maximum absolute atomic E-state index is 12.3. The van der Waals surface area contributed by atoms with Crippen LogP contribution in [0.4, 0.5) is 5.69 Å². The number of hydrogen-bond acceptors (Lipinski definition) is 4. The van der Waals surface area contributed by atoms with Gasteiger partial charge in [-0.15, -0.1) is 0 Å². The summed E-state index contributed by atoms with van der Waals surface area (Å²) in [5.41, 5.74) is 8.74. The summed E-state index contributed by atoms with van der Waals surface area (Å²) in [6.45, 7) is 1.82. The molecular weight excluding hydrogens is 432 g/mol. The number of carbonyl (C=O) groups is 2. The van der Waals surface area contributed by atoms with E-state index in [0.29, 0.717) is 11.4 Å². The molecule has 0 saturated carbocycles. The second kappa shape index (κ2) is 8.84. The molecule has 4 N–H and O–H groups in total. The number of aryl methyl sites for hydroxylation is 1. The SMILES string of the molecule is Cc1cc(Br)ccc1NC(=O)CNC(=O)C1CC(c2cccc(Cl)c2)NN1. The van der Waals surface area contributed by atoms with E-state index in [2.05, 4.69) is 37.4 Å². The number of halogens is 2. The minimum Gasteiger partial charge on any atom is -0.346 e. The zero-order valence-corrected chi connectivity index (χ0v) is 17.0. The van der Waals surface area contributed by atoms with Crippen LogP contribution in [0.15, 0.2) is 46.9 Å². The maximum atomic E-state index is 12.3. The predicted molar refractivity (Wildman–Crippen MR) is 109 cm³/mol. The Morgan fingerprint density at radius 3 is 2.78 bits per heavy atom. The number of benzene rings is 2. The van der Waals surface area contributed by atoms with Crippen LogP contribution in [0.1, 0.15) is 23.6 Å². The molecule has 1 heterocycles. The summed E-state index contributed by atoms with van der Waals surface area (Å²) in [5, 5.41) is 6.12. The Kier molecular flexibility index (Phi) is 6.49. The van der Waals surface area contributed by atoms with E-state index >= 15 is 0 Å². The first-order chi connectivity index (χ1) is 12.9. The fraction of sp³-hybridized carbons (Fsp3) is 0.263. The minimum atomic E-state index is -0.420. The monoisotopic (exact) mass is 450 g/mol. The average molecular weight is 452 g/mol. The van der Waals surface area contributed by atoms with E-state index in [4.69, 9.17) is 11.6 Å². The summed E-state index contributed by atoms with van der Waals surface area (Å²) in [4.78, 5) is 24.4. The second-order valence-electron chi connectivity index (χ2n) is 6.41. The van der Waals surface area contributed by atoms with E-state index < -0.39 is 6.04 Å². The van der Waals surface area contributed by atoms with E-state index in [1.165, 1.54) is 0 Å². The summed E-state index contributed by atoms with van der Waals surface area (Å²) in [6, 6.07) is 12.7. The standard InChI is InChI=1S/C19H20BrClN4O2/c1-11-7-13(20)5-6-15(11)23-18(26)10-22-19(27)17-9-16(24-25-17)12-3-2-4-14(21)8-12/h2-8,16-17,24-25H,9-10H2,1H3,(H,22,27)(H,23,26). The molecule has 0 bridgehead atoms. The van der Waals surface area contributed by atoms with Gasteiger partial charge in [-0.3, -0.25) is 9.59 Å². The number of nitrogens with one attached hydrogen (secondary N) is 4. The number of hydrazine groups is 1. The molecule has 2 amide bonds. The lowest BCUT2D eigenvalue weighted by atomic mass is 10.0. The molecule has 8 heteroatoms. The molecule has 1 aliphatic rings. The highest BCUT2D eigenvalue weighted by Crippen LogP contribution is 2.24. The molecule has 1 saturated heterocycles. The van der Waals surface area contributed by atoms with Gasteiger partial charge in [0.1, 0.15) is 6.04 Å². The molecule has 1 fully saturated rings. The third-order valence-electron chi connectivity index (χ3n) is 4.36. The molecule has 0 radical (unpaired) electrons. The molecule has 2 aromatic carbocycles. The van der Waals surface area contributed by atoms with Crippen molar-refractivity contribution in [1.82, 2.24) is 16.2 Å². The minimum absolute atomic E-state index is 0.0151. The molecule has 6 nitrogen and oxygen atoms in total. The van der Waals surface area contributed by atoms with Gasteiger partial charge in [-0.2, -0.15) is 0 Å². The van der Waals surface area contributed by atoms with Crippen LogP contribution >= 0.6 is 27.5 Å². The molecule has 0 aliphatic carbocycles.